The molecule has 4 heteroatoms. The molecule has 2 bridgehead atoms. The lowest BCUT2D eigenvalue weighted by Crippen LogP contribution is -2.27. The number of carbonyl (C=O) groups excluding carboxylic acids is 2. The van der Waals surface area contributed by atoms with Crippen LogP contribution in [0.2, 0.25) is 0 Å². The van der Waals surface area contributed by atoms with Crippen LogP contribution in [-0.4, -0.2) is 21.8 Å². The Bertz CT molecular complexity index is 899. The minimum Gasteiger partial charge on any atom is -0.504 e. The van der Waals surface area contributed by atoms with E-state index in [1.54, 1.807) is 0 Å². The van der Waals surface area contributed by atoms with Gasteiger partial charge in [0.05, 0.1) is 11.1 Å². The van der Waals surface area contributed by atoms with Crippen molar-refractivity contribution in [3.05, 3.63) is 69.3 Å². The predicted molar refractivity (Wildman–Crippen MR) is 121 cm³/mol. The number of carbonyl (C=O) groups is 2. The number of ketones is 2. The summed E-state index contributed by atoms with van der Waals surface area (Å²) >= 11 is 0. The SMILES string of the molecule is CC(C)=C[C@@H]1C/C(C)=C/CC/C(C)=C\CC/C(C)=C/CC2=C(O)C(=O)C1=C(O)C2=O. The molecule has 162 valence electrons. The van der Waals surface area contributed by atoms with Gasteiger partial charge in [-0.1, -0.05) is 46.6 Å². The van der Waals surface area contributed by atoms with Crippen LogP contribution in [0.15, 0.2) is 69.3 Å². The molecule has 0 saturated heterocycles. The molecular weight excluding hydrogens is 376 g/mol. The Morgan fingerprint density at radius 3 is 2.03 bits per heavy atom. The molecule has 0 aromatic carbocycles. The average molecular weight is 411 g/mol. The molecule has 3 aliphatic carbocycles. The van der Waals surface area contributed by atoms with Gasteiger partial charge >= 0.3 is 0 Å². The van der Waals surface area contributed by atoms with E-state index in [0.29, 0.717) is 6.42 Å². The molecule has 30 heavy (non-hydrogen) atoms. The third-order valence-electron chi connectivity index (χ3n) is 5.65. The van der Waals surface area contributed by atoms with Crippen molar-refractivity contribution in [2.45, 2.75) is 73.1 Å². The standard InChI is InChI=1S/C26H34O4/c1-16(2)14-20-15-19(5)11-7-9-17(3)8-6-10-18(4)12-13-21-23(27)25(29)22(20)26(30)24(21)28/h8,11-12,14,20,27,30H,6-7,9-10,13,15H2,1-5H3/b17-8-,18-12+,19-11+/t20-/m1/s1. The molecule has 0 heterocycles. The van der Waals surface area contributed by atoms with Crippen molar-refractivity contribution in [3.63, 3.8) is 0 Å². The number of rotatable bonds is 1. The van der Waals surface area contributed by atoms with Gasteiger partial charge in [-0.3, -0.25) is 9.59 Å². The van der Waals surface area contributed by atoms with Crippen LogP contribution in [0, 0.1) is 5.92 Å². The number of aliphatic hydroxyl groups excluding tert-OH is 2. The van der Waals surface area contributed by atoms with E-state index in [1.165, 1.54) is 5.57 Å². The molecule has 1 atom stereocenters. The van der Waals surface area contributed by atoms with E-state index in [9.17, 15) is 19.8 Å². The van der Waals surface area contributed by atoms with E-state index >= 15 is 0 Å². The summed E-state index contributed by atoms with van der Waals surface area (Å²) < 4.78 is 0. The molecule has 2 N–H and O–H groups in total. The number of hydrogen-bond donors (Lipinski definition) is 2. The molecule has 3 aliphatic rings. The van der Waals surface area contributed by atoms with Gasteiger partial charge in [0.25, 0.3) is 0 Å². The van der Waals surface area contributed by atoms with Gasteiger partial charge in [-0.05, 0) is 73.1 Å². The lowest BCUT2D eigenvalue weighted by Gasteiger charge is -2.23. The molecule has 0 fully saturated rings. The fourth-order valence-corrected chi connectivity index (χ4v) is 3.93. The first-order chi connectivity index (χ1) is 14.1. The summed E-state index contributed by atoms with van der Waals surface area (Å²) in [6, 6.07) is 0. The van der Waals surface area contributed by atoms with Gasteiger partial charge in [0.1, 0.15) is 0 Å². The number of fused-ring (bicyclic) bond motifs is 11. The maximum atomic E-state index is 13.0. The second kappa shape index (κ2) is 10.4. The molecule has 0 unspecified atom stereocenters. The van der Waals surface area contributed by atoms with Gasteiger partial charge in [-0.2, -0.15) is 0 Å². The van der Waals surface area contributed by atoms with Crippen molar-refractivity contribution in [2.24, 2.45) is 5.92 Å². The predicted octanol–water partition coefficient (Wildman–Crippen LogP) is 6.54. The van der Waals surface area contributed by atoms with Crippen molar-refractivity contribution < 1.29 is 19.8 Å². The Morgan fingerprint density at radius 2 is 1.43 bits per heavy atom. The summed E-state index contributed by atoms with van der Waals surface area (Å²) in [5.41, 5.74) is 4.46. The molecule has 0 aromatic rings. The Hall–Kier alpha value is -2.62. The van der Waals surface area contributed by atoms with Crippen LogP contribution in [-0.2, 0) is 9.59 Å². The van der Waals surface area contributed by atoms with Crippen LogP contribution in [0.5, 0.6) is 0 Å². The molecular formula is C26H34O4. The first-order valence-electron chi connectivity index (χ1n) is 10.7. The number of hydrogen-bond acceptors (Lipinski definition) is 4. The van der Waals surface area contributed by atoms with E-state index in [0.717, 1.165) is 42.4 Å². The summed E-state index contributed by atoms with van der Waals surface area (Å²) in [7, 11) is 0. The summed E-state index contributed by atoms with van der Waals surface area (Å²) in [6.07, 6.45) is 12.4. The summed E-state index contributed by atoms with van der Waals surface area (Å²) in [6.45, 7) is 9.95. The van der Waals surface area contributed by atoms with Crippen molar-refractivity contribution in [3.8, 4) is 0 Å². The van der Waals surface area contributed by atoms with E-state index in [2.05, 4.69) is 19.1 Å². The molecule has 3 rings (SSSR count). The molecule has 0 amide bonds. The first kappa shape index (κ1) is 23.7. The fraction of sp³-hybridized carbons (Fsp3) is 0.462. The van der Waals surface area contributed by atoms with Crippen molar-refractivity contribution >= 4 is 11.6 Å². The van der Waals surface area contributed by atoms with Gasteiger partial charge < -0.3 is 10.2 Å². The van der Waals surface area contributed by atoms with Gasteiger partial charge in [-0.25, -0.2) is 0 Å². The molecule has 0 spiro atoms. The van der Waals surface area contributed by atoms with Gasteiger partial charge in [0, 0.05) is 5.92 Å². The van der Waals surface area contributed by atoms with E-state index in [4.69, 9.17) is 0 Å². The number of allylic oxidation sites excluding steroid dienone is 10. The topological polar surface area (TPSA) is 74.6 Å². The average Bonchev–Trinajstić information content (AvgIpc) is 2.65. The third kappa shape index (κ3) is 5.94. The Balaban J connectivity index is 2.55. The van der Waals surface area contributed by atoms with Gasteiger partial charge in [0.2, 0.25) is 11.6 Å². The highest BCUT2D eigenvalue weighted by Crippen LogP contribution is 2.33. The highest BCUT2D eigenvalue weighted by atomic mass is 16.3. The molecule has 0 aromatic heterocycles. The maximum Gasteiger partial charge on any atom is 0.228 e. The third-order valence-corrected chi connectivity index (χ3v) is 5.65. The van der Waals surface area contributed by atoms with Gasteiger partial charge in [0.15, 0.2) is 11.5 Å². The van der Waals surface area contributed by atoms with Crippen LogP contribution in [0.25, 0.3) is 0 Å². The number of Topliss-reactive ketones (excluding diaryl/α,β-unsaturated/α-hetero) is 2. The largest absolute Gasteiger partial charge is 0.504 e. The summed E-state index contributed by atoms with van der Waals surface area (Å²) in [4.78, 5) is 25.8. The Morgan fingerprint density at radius 1 is 0.867 bits per heavy atom. The second-order valence-corrected chi connectivity index (χ2v) is 8.74. The zero-order valence-electron chi connectivity index (χ0n) is 18.8. The maximum absolute atomic E-state index is 13.0. The van der Waals surface area contributed by atoms with Crippen molar-refractivity contribution in [1.82, 2.24) is 0 Å². The fourth-order valence-electron chi connectivity index (χ4n) is 3.93. The van der Waals surface area contributed by atoms with Crippen molar-refractivity contribution in [2.75, 3.05) is 0 Å². The van der Waals surface area contributed by atoms with Crippen LogP contribution in [0.3, 0.4) is 0 Å². The Kier molecular flexibility index (Phi) is 8.22. The highest BCUT2D eigenvalue weighted by molar-refractivity contribution is 6.23. The highest BCUT2D eigenvalue weighted by Gasteiger charge is 2.37. The van der Waals surface area contributed by atoms with Crippen molar-refractivity contribution in [1.29, 1.82) is 0 Å². The van der Waals surface area contributed by atoms with Crippen LogP contribution in [0.1, 0.15) is 73.1 Å². The van der Waals surface area contributed by atoms with Crippen LogP contribution < -0.4 is 0 Å². The lowest BCUT2D eigenvalue weighted by molar-refractivity contribution is -0.120. The second-order valence-electron chi connectivity index (χ2n) is 8.74. The van der Waals surface area contributed by atoms with E-state index < -0.39 is 29.0 Å². The summed E-state index contributed by atoms with van der Waals surface area (Å²) in [5.74, 6) is -2.83. The molecule has 0 saturated carbocycles. The minimum absolute atomic E-state index is 0.00343. The molecule has 4 nitrogen and oxygen atoms in total. The zero-order valence-corrected chi connectivity index (χ0v) is 18.8. The van der Waals surface area contributed by atoms with E-state index in [1.807, 2.05) is 39.8 Å². The monoisotopic (exact) mass is 410 g/mol. The zero-order chi connectivity index (χ0) is 22.4. The number of aliphatic hydroxyl groups is 2. The minimum atomic E-state index is -0.653. The normalized spacial score (nSPS) is 27.6. The molecule has 0 aliphatic heterocycles. The smallest absolute Gasteiger partial charge is 0.228 e. The van der Waals surface area contributed by atoms with Crippen LogP contribution >= 0.6 is 0 Å². The van der Waals surface area contributed by atoms with Gasteiger partial charge in [-0.15, -0.1) is 0 Å². The molecule has 0 radical (unpaired) electrons. The Labute approximate surface area is 180 Å². The quantitative estimate of drug-likeness (QED) is 0.380. The van der Waals surface area contributed by atoms with E-state index in [-0.39, 0.29) is 17.6 Å². The summed E-state index contributed by atoms with van der Waals surface area (Å²) in [5, 5.41) is 21.2. The lowest BCUT2D eigenvalue weighted by atomic mass is 9.81. The van der Waals surface area contributed by atoms with Crippen LogP contribution in [0.4, 0.5) is 0 Å². The first-order valence-corrected chi connectivity index (χ1v) is 10.7.